The third kappa shape index (κ3) is 3.64. The molecule has 0 atom stereocenters. The van der Waals surface area contributed by atoms with Crippen LogP contribution in [0.3, 0.4) is 0 Å². The van der Waals surface area contributed by atoms with Crippen molar-refractivity contribution >= 4 is 17.9 Å². The molecule has 1 N–H and O–H groups in total. The van der Waals surface area contributed by atoms with E-state index >= 15 is 0 Å². The van der Waals surface area contributed by atoms with Gasteiger partial charge in [0.2, 0.25) is 0 Å². The van der Waals surface area contributed by atoms with Gasteiger partial charge in [-0.2, -0.15) is 0 Å². The molecule has 3 aromatic rings. The van der Waals surface area contributed by atoms with Crippen LogP contribution in [0, 0.1) is 5.82 Å². The van der Waals surface area contributed by atoms with E-state index in [2.05, 4.69) is 0 Å². The Morgan fingerprint density at radius 2 is 1.84 bits per heavy atom. The summed E-state index contributed by atoms with van der Waals surface area (Å²) >= 11 is 6.02. The van der Waals surface area contributed by atoms with Crippen molar-refractivity contribution in [3.8, 4) is 22.6 Å². The highest BCUT2D eigenvalue weighted by atomic mass is 35.5. The van der Waals surface area contributed by atoms with Gasteiger partial charge in [-0.15, -0.1) is 0 Å². The number of carbonyl (C=O) groups is 1. The Labute approximate surface area is 149 Å². The van der Waals surface area contributed by atoms with Crippen LogP contribution in [-0.4, -0.2) is 11.4 Å². The molecule has 0 amide bonds. The maximum Gasteiger partial charge on any atom is 0.153 e. The monoisotopic (exact) mass is 356 g/mol. The number of halogens is 2. The van der Waals surface area contributed by atoms with Gasteiger partial charge in [-0.1, -0.05) is 60.1 Å². The zero-order valence-corrected chi connectivity index (χ0v) is 13.8. The van der Waals surface area contributed by atoms with Crippen molar-refractivity contribution in [1.82, 2.24) is 0 Å². The molecule has 0 saturated heterocycles. The second-order valence-corrected chi connectivity index (χ2v) is 5.80. The van der Waals surface area contributed by atoms with E-state index in [4.69, 9.17) is 16.3 Å². The number of rotatable bonds is 5. The summed E-state index contributed by atoms with van der Waals surface area (Å²) in [6.07, 6.45) is 0.494. The van der Waals surface area contributed by atoms with Crippen molar-refractivity contribution in [3.63, 3.8) is 0 Å². The molecule has 0 aromatic heterocycles. The predicted octanol–water partition coefficient (Wildman–Crippen LogP) is 5.24. The van der Waals surface area contributed by atoms with E-state index in [1.165, 1.54) is 12.1 Å². The van der Waals surface area contributed by atoms with Gasteiger partial charge in [0, 0.05) is 17.2 Å². The fourth-order valence-corrected chi connectivity index (χ4v) is 2.68. The summed E-state index contributed by atoms with van der Waals surface area (Å²) in [5, 5.41) is 9.88. The number of hydrogen-bond acceptors (Lipinski definition) is 3. The summed E-state index contributed by atoms with van der Waals surface area (Å²) in [5.74, 6) is -0.444. The van der Waals surface area contributed by atoms with E-state index in [0.717, 1.165) is 5.56 Å². The van der Waals surface area contributed by atoms with Crippen LogP contribution in [0.5, 0.6) is 11.5 Å². The number of phenolic OH excluding ortho intramolecular Hbond substituents is 1. The highest BCUT2D eigenvalue weighted by Gasteiger charge is 2.13. The zero-order chi connectivity index (χ0) is 17.8. The minimum Gasteiger partial charge on any atom is -0.507 e. The number of ether oxygens (including phenoxy) is 1. The lowest BCUT2D eigenvalue weighted by Gasteiger charge is -2.12. The summed E-state index contributed by atoms with van der Waals surface area (Å²) in [5.41, 5.74) is 1.67. The molecule has 0 saturated carbocycles. The average Bonchev–Trinajstić information content (AvgIpc) is 2.63. The molecule has 0 fully saturated rings. The average molecular weight is 357 g/mol. The molecule has 0 radical (unpaired) electrons. The van der Waals surface area contributed by atoms with Crippen LogP contribution in [0.25, 0.3) is 11.1 Å². The molecule has 25 heavy (non-hydrogen) atoms. The van der Waals surface area contributed by atoms with Crippen molar-refractivity contribution < 1.29 is 19.0 Å². The minimum absolute atomic E-state index is 0.0634. The molecule has 0 aliphatic carbocycles. The summed E-state index contributed by atoms with van der Waals surface area (Å²) in [4.78, 5) is 10.8. The first kappa shape index (κ1) is 17.0. The first-order valence-electron chi connectivity index (χ1n) is 7.53. The fraction of sp³-hybridized carbons (Fsp3) is 0.0500. The van der Waals surface area contributed by atoms with Gasteiger partial charge in [-0.3, -0.25) is 4.79 Å². The number of hydrogen-bond donors (Lipinski definition) is 1. The van der Waals surface area contributed by atoms with E-state index in [0.29, 0.717) is 17.4 Å². The molecule has 0 spiro atoms. The standard InChI is InChI=1S/C20H14ClFO3/c21-17-9-15(11-23)18(24)10-19(17)25-12-14-7-4-8-16(20(14)22)13-5-2-1-3-6-13/h1-11,24H,12H2. The minimum atomic E-state index is -0.376. The lowest BCUT2D eigenvalue weighted by atomic mass is 10.0. The Kier molecular flexibility index (Phi) is 5.00. The van der Waals surface area contributed by atoms with Gasteiger partial charge in [0.05, 0.1) is 10.6 Å². The van der Waals surface area contributed by atoms with Crippen molar-refractivity contribution in [2.24, 2.45) is 0 Å². The Bertz CT molecular complexity index is 910. The Morgan fingerprint density at radius 1 is 1.08 bits per heavy atom. The van der Waals surface area contributed by atoms with E-state index < -0.39 is 0 Å². The highest BCUT2D eigenvalue weighted by Crippen LogP contribution is 2.32. The second-order valence-electron chi connectivity index (χ2n) is 5.39. The third-order valence-corrected chi connectivity index (χ3v) is 4.05. The molecule has 0 aliphatic rings. The van der Waals surface area contributed by atoms with Crippen molar-refractivity contribution in [1.29, 1.82) is 0 Å². The Morgan fingerprint density at radius 3 is 2.56 bits per heavy atom. The van der Waals surface area contributed by atoms with E-state index in [1.807, 2.05) is 30.3 Å². The zero-order valence-electron chi connectivity index (χ0n) is 13.1. The molecule has 0 heterocycles. The van der Waals surface area contributed by atoms with Gasteiger partial charge in [0.15, 0.2) is 6.29 Å². The summed E-state index contributed by atoms with van der Waals surface area (Å²) in [7, 11) is 0. The number of aldehydes is 1. The van der Waals surface area contributed by atoms with Crippen LogP contribution in [0.2, 0.25) is 5.02 Å². The van der Waals surface area contributed by atoms with E-state index in [9.17, 15) is 14.3 Å². The van der Waals surface area contributed by atoms with Gasteiger partial charge in [0.25, 0.3) is 0 Å². The fourth-order valence-electron chi connectivity index (χ4n) is 2.45. The first-order valence-corrected chi connectivity index (χ1v) is 7.91. The molecule has 0 unspecified atom stereocenters. The van der Waals surface area contributed by atoms with Gasteiger partial charge in [0.1, 0.15) is 23.9 Å². The van der Waals surface area contributed by atoms with Crippen LogP contribution in [-0.2, 0) is 6.61 Å². The second kappa shape index (κ2) is 7.36. The van der Waals surface area contributed by atoms with E-state index in [1.54, 1.807) is 18.2 Å². The number of benzene rings is 3. The van der Waals surface area contributed by atoms with E-state index in [-0.39, 0.29) is 34.5 Å². The maximum absolute atomic E-state index is 14.8. The summed E-state index contributed by atoms with van der Waals surface area (Å²) in [6, 6.07) is 16.8. The molecule has 3 nitrogen and oxygen atoms in total. The van der Waals surface area contributed by atoms with Crippen molar-refractivity contribution in [2.45, 2.75) is 6.61 Å². The Hall–Kier alpha value is -2.85. The van der Waals surface area contributed by atoms with Gasteiger partial charge < -0.3 is 9.84 Å². The van der Waals surface area contributed by atoms with Crippen LogP contribution < -0.4 is 4.74 Å². The van der Waals surface area contributed by atoms with Crippen LogP contribution in [0.1, 0.15) is 15.9 Å². The molecular weight excluding hydrogens is 343 g/mol. The van der Waals surface area contributed by atoms with Gasteiger partial charge >= 0.3 is 0 Å². The quantitative estimate of drug-likeness (QED) is 0.635. The highest BCUT2D eigenvalue weighted by molar-refractivity contribution is 6.32. The molecule has 5 heteroatoms. The molecule has 126 valence electrons. The number of aromatic hydroxyl groups is 1. The molecule has 0 aliphatic heterocycles. The molecular formula is C20H14ClFO3. The van der Waals surface area contributed by atoms with Crippen LogP contribution in [0.4, 0.5) is 4.39 Å². The lowest BCUT2D eigenvalue weighted by molar-refractivity contribution is 0.112. The normalized spacial score (nSPS) is 10.5. The topological polar surface area (TPSA) is 46.5 Å². The number of phenols is 1. The summed E-state index contributed by atoms with van der Waals surface area (Å²) < 4.78 is 20.3. The van der Waals surface area contributed by atoms with Crippen molar-refractivity contribution in [2.75, 3.05) is 0 Å². The SMILES string of the molecule is O=Cc1cc(Cl)c(OCc2cccc(-c3ccccc3)c2F)cc1O. The first-order chi connectivity index (χ1) is 12.1. The largest absolute Gasteiger partial charge is 0.507 e. The van der Waals surface area contributed by atoms with Gasteiger partial charge in [-0.05, 0) is 11.6 Å². The molecule has 3 aromatic carbocycles. The smallest absolute Gasteiger partial charge is 0.153 e. The molecule has 3 rings (SSSR count). The Balaban J connectivity index is 1.85. The van der Waals surface area contributed by atoms with Gasteiger partial charge in [-0.25, -0.2) is 4.39 Å². The maximum atomic E-state index is 14.8. The van der Waals surface area contributed by atoms with Crippen LogP contribution >= 0.6 is 11.6 Å². The van der Waals surface area contributed by atoms with Crippen LogP contribution in [0.15, 0.2) is 60.7 Å². The third-order valence-electron chi connectivity index (χ3n) is 3.75. The molecule has 0 bridgehead atoms. The lowest BCUT2D eigenvalue weighted by Crippen LogP contribution is -2.01. The summed E-state index contributed by atoms with van der Waals surface area (Å²) in [6.45, 7) is -0.0634. The number of carbonyl (C=O) groups excluding carboxylic acids is 1. The van der Waals surface area contributed by atoms with Crippen molar-refractivity contribution in [3.05, 3.63) is 82.6 Å². The predicted molar refractivity (Wildman–Crippen MR) is 94.7 cm³/mol.